The van der Waals surface area contributed by atoms with Gasteiger partial charge in [0.25, 0.3) is 0 Å². The number of fused-ring (bicyclic) bond motifs is 4. The summed E-state index contributed by atoms with van der Waals surface area (Å²) in [6.45, 7) is 1.75. The number of hydrogen-bond donors (Lipinski definition) is 3. The Balaban J connectivity index is 1.33. The maximum absolute atomic E-state index is 15.3. The maximum Gasteiger partial charge on any atom is 0.339 e. The van der Waals surface area contributed by atoms with Gasteiger partial charge in [0.2, 0.25) is 23.6 Å². The summed E-state index contributed by atoms with van der Waals surface area (Å²) in [5, 5.41) is 30.7. The summed E-state index contributed by atoms with van der Waals surface area (Å²) in [5.41, 5.74) is 1.15. The molecule has 0 aromatic heterocycles. The van der Waals surface area contributed by atoms with E-state index in [4.69, 9.17) is 11.6 Å². The number of carbonyl (C=O) groups is 5. The molecule has 0 spiro atoms. The summed E-state index contributed by atoms with van der Waals surface area (Å²) < 4.78 is 0. The number of allylic oxidation sites excluding steroid dienone is 2. The minimum atomic E-state index is -1.46. The normalized spacial score (nSPS) is 26.9. The number of benzene rings is 4. The third kappa shape index (κ3) is 4.59. The maximum atomic E-state index is 15.3. The lowest BCUT2D eigenvalue weighted by Crippen LogP contribution is -2.53. The van der Waals surface area contributed by atoms with Crippen molar-refractivity contribution < 1.29 is 39.3 Å². The largest absolute Gasteiger partial charge is 0.508 e. The van der Waals surface area contributed by atoms with Gasteiger partial charge in [-0.3, -0.25) is 19.2 Å². The van der Waals surface area contributed by atoms with E-state index >= 15 is 4.79 Å². The highest BCUT2D eigenvalue weighted by molar-refractivity contribution is 6.32. The first-order valence-electron chi connectivity index (χ1n) is 16.6. The van der Waals surface area contributed by atoms with Crippen molar-refractivity contribution in [1.82, 2.24) is 0 Å². The molecule has 6 atom stereocenters. The van der Waals surface area contributed by atoms with E-state index in [1.807, 2.05) is 36.4 Å². The third-order valence-electron chi connectivity index (χ3n) is 11.2. The van der Waals surface area contributed by atoms with Gasteiger partial charge in [0, 0.05) is 17.0 Å². The predicted octanol–water partition coefficient (Wildman–Crippen LogP) is 6.12. The minimum absolute atomic E-state index is 0.0443. The molecular weight excluding hydrogens is 672 g/mol. The number of amides is 4. The van der Waals surface area contributed by atoms with Crippen LogP contribution in [0, 0.1) is 30.6 Å². The monoisotopic (exact) mass is 702 g/mol. The highest BCUT2D eigenvalue weighted by Gasteiger charge is 2.70. The number of rotatable bonds is 5. The van der Waals surface area contributed by atoms with Gasteiger partial charge in [-0.05, 0) is 78.8 Å². The van der Waals surface area contributed by atoms with E-state index in [1.54, 1.807) is 49.4 Å². The molecule has 6 unspecified atom stereocenters. The average Bonchev–Trinajstić information content (AvgIpc) is 3.50. The number of carboxylic acids is 1. The molecule has 0 bridgehead atoms. The molecule has 2 saturated heterocycles. The van der Waals surface area contributed by atoms with Gasteiger partial charge >= 0.3 is 5.97 Å². The first-order chi connectivity index (χ1) is 24.4. The van der Waals surface area contributed by atoms with Crippen LogP contribution < -0.4 is 9.80 Å². The van der Waals surface area contributed by atoms with Gasteiger partial charge in [-0.15, -0.1) is 0 Å². The van der Waals surface area contributed by atoms with Crippen molar-refractivity contribution in [1.29, 1.82) is 0 Å². The molecule has 3 N–H and O–H groups in total. The van der Waals surface area contributed by atoms with Crippen LogP contribution in [0.3, 0.4) is 0 Å². The number of aromatic hydroxyl groups is 2. The van der Waals surface area contributed by atoms with Gasteiger partial charge in [0.15, 0.2) is 0 Å². The Hall–Kier alpha value is -5.74. The van der Waals surface area contributed by atoms with E-state index in [0.717, 1.165) is 22.6 Å². The molecule has 4 aromatic rings. The van der Waals surface area contributed by atoms with Crippen LogP contribution in [-0.2, 0) is 24.6 Å². The SMILES string of the molecule is Cc1cc(C2C3=CCC4C(=O)N(c5ccc(C(=O)O)c(O)c5)C(=O)C4C3CC3C(=O)N(c4cccc(Cl)c4)C(=O)C32c2ccccc2)ccc1O. The molecule has 4 aliphatic rings. The van der Waals surface area contributed by atoms with Gasteiger partial charge in [-0.2, -0.15) is 0 Å². The lowest BCUT2D eigenvalue weighted by Gasteiger charge is -2.50. The first-order valence-corrected chi connectivity index (χ1v) is 17.0. The zero-order valence-electron chi connectivity index (χ0n) is 27.2. The van der Waals surface area contributed by atoms with Crippen LogP contribution in [0.4, 0.5) is 11.4 Å². The third-order valence-corrected chi connectivity index (χ3v) is 11.4. The van der Waals surface area contributed by atoms with E-state index < -0.39 is 70.4 Å². The molecule has 0 radical (unpaired) electrons. The molecule has 10 nitrogen and oxygen atoms in total. The Morgan fingerprint density at radius 2 is 1.53 bits per heavy atom. The van der Waals surface area contributed by atoms with E-state index in [9.17, 15) is 34.5 Å². The molecule has 51 heavy (non-hydrogen) atoms. The molecule has 11 heteroatoms. The summed E-state index contributed by atoms with van der Waals surface area (Å²) >= 11 is 6.37. The Bertz CT molecular complexity index is 2230. The topological polar surface area (TPSA) is 153 Å². The number of phenolic OH excluding ortho intramolecular Hbond substituents is 1. The standard InChI is InChI=1S/C40H31ClN2O8/c1-20-16-21(10-15-31(20)44)34-26-13-14-28-33(37(48)42(35(28)46)25-11-12-27(38(49)50)32(45)18-25)29(26)19-30-36(47)43(24-9-5-8-23(41)17-24)39(51)40(30,34)22-6-3-2-4-7-22/h2-13,15-18,28-30,33-34,44-45H,14,19H2,1H3,(H,49,50). The summed E-state index contributed by atoms with van der Waals surface area (Å²) in [7, 11) is 0. The Labute approximate surface area is 297 Å². The van der Waals surface area contributed by atoms with Crippen LogP contribution in [0.5, 0.6) is 11.5 Å². The minimum Gasteiger partial charge on any atom is -0.508 e. The smallest absolute Gasteiger partial charge is 0.339 e. The van der Waals surface area contributed by atoms with Crippen molar-refractivity contribution in [3.05, 3.63) is 130 Å². The molecule has 256 valence electrons. The Morgan fingerprint density at radius 1 is 0.784 bits per heavy atom. The molecule has 2 aliphatic carbocycles. The fourth-order valence-corrected chi connectivity index (χ4v) is 9.26. The molecule has 4 aromatic carbocycles. The zero-order chi connectivity index (χ0) is 35.9. The number of carbonyl (C=O) groups excluding carboxylic acids is 4. The summed E-state index contributed by atoms with van der Waals surface area (Å²) in [6.07, 6.45) is 2.20. The predicted molar refractivity (Wildman–Crippen MR) is 186 cm³/mol. The van der Waals surface area contributed by atoms with Crippen molar-refractivity contribution in [2.75, 3.05) is 9.80 Å². The fourth-order valence-electron chi connectivity index (χ4n) is 9.07. The number of halogens is 1. The second kappa shape index (κ2) is 11.7. The van der Waals surface area contributed by atoms with Crippen LogP contribution >= 0.6 is 11.6 Å². The molecule has 2 aliphatic heterocycles. The van der Waals surface area contributed by atoms with Crippen LogP contribution in [0.15, 0.2) is 103 Å². The van der Waals surface area contributed by atoms with E-state index in [-0.39, 0.29) is 29.8 Å². The quantitative estimate of drug-likeness (QED) is 0.166. The highest BCUT2D eigenvalue weighted by atomic mass is 35.5. The van der Waals surface area contributed by atoms with E-state index in [2.05, 4.69) is 0 Å². The van der Waals surface area contributed by atoms with Gasteiger partial charge in [-0.1, -0.05) is 71.8 Å². The number of carboxylic acid groups (broad SMARTS) is 1. The molecule has 3 fully saturated rings. The molecule has 2 heterocycles. The van der Waals surface area contributed by atoms with Gasteiger partial charge in [0.1, 0.15) is 17.1 Å². The van der Waals surface area contributed by atoms with Crippen molar-refractivity contribution in [3.63, 3.8) is 0 Å². The second-order valence-corrected chi connectivity index (χ2v) is 14.1. The number of aryl methyl sites for hydroxylation is 1. The molecule has 4 amide bonds. The number of imide groups is 2. The van der Waals surface area contributed by atoms with Gasteiger partial charge in [-0.25, -0.2) is 14.6 Å². The van der Waals surface area contributed by atoms with E-state index in [0.29, 0.717) is 27.4 Å². The zero-order valence-corrected chi connectivity index (χ0v) is 27.9. The second-order valence-electron chi connectivity index (χ2n) is 13.7. The highest BCUT2D eigenvalue weighted by Crippen LogP contribution is 2.64. The molecule has 1 saturated carbocycles. The number of anilines is 2. The Kier molecular flexibility index (Phi) is 7.43. The summed E-state index contributed by atoms with van der Waals surface area (Å²) in [4.78, 5) is 72.3. The number of phenols is 2. The van der Waals surface area contributed by atoms with Crippen molar-refractivity contribution >= 4 is 52.6 Å². The van der Waals surface area contributed by atoms with Crippen molar-refractivity contribution in [2.24, 2.45) is 23.7 Å². The first kappa shape index (κ1) is 32.5. The Morgan fingerprint density at radius 3 is 2.22 bits per heavy atom. The number of nitrogens with zero attached hydrogens (tertiary/aromatic N) is 2. The summed E-state index contributed by atoms with van der Waals surface area (Å²) in [6, 6.07) is 24.3. The lowest BCUT2D eigenvalue weighted by molar-refractivity contribution is -0.127. The lowest BCUT2D eigenvalue weighted by atomic mass is 9.49. The van der Waals surface area contributed by atoms with Crippen molar-refractivity contribution in [2.45, 2.75) is 31.1 Å². The molecular formula is C40H31ClN2O8. The van der Waals surface area contributed by atoms with Gasteiger partial charge < -0.3 is 15.3 Å². The molecule has 8 rings (SSSR count). The van der Waals surface area contributed by atoms with Gasteiger partial charge in [0.05, 0.1) is 34.5 Å². The van der Waals surface area contributed by atoms with Crippen LogP contribution in [0.25, 0.3) is 0 Å². The number of aromatic carboxylic acids is 1. The van der Waals surface area contributed by atoms with Crippen LogP contribution in [0.2, 0.25) is 5.02 Å². The van der Waals surface area contributed by atoms with Crippen molar-refractivity contribution in [3.8, 4) is 11.5 Å². The average molecular weight is 703 g/mol. The number of hydrogen-bond acceptors (Lipinski definition) is 7. The van der Waals surface area contributed by atoms with Crippen LogP contribution in [-0.4, -0.2) is 44.9 Å². The summed E-state index contributed by atoms with van der Waals surface area (Å²) in [5.74, 6) is -7.81. The fraction of sp³-hybridized carbons (Fsp3) is 0.225. The van der Waals surface area contributed by atoms with E-state index in [1.165, 1.54) is 11.0 Å². The van der Waals surface area contributed by atoms with Crippen LogP contribution in [0.1, 0.15) is 45.8 Å².